The maximum Gasteiger partial charge on any atom is 0.163 e. The summed E-state index contributed by atoms with van der Waals surface area (Å²) < 4.78 is 4.96. The molecular formula is C6H3N2O. The summed E-state index contributed by atoms with van der Waals surface area (Å²) in [5, 5.41) is 7.39. The number of rotatable bonds is 0. The molecule has 0 aliphatic carbocycles. The van der Waals surface area contributed by atoms with Crippen molar-refractivity contribution in [1.82, 2.24) is 10.2 Å². The van der Waals surface area contributed by atoms with E-state index < -0.39 is 0 Å². The molecule has 43 valence electrons. The lowest BCUT2D eigenvalue weighted by atomic mass is 10.4. The monoisotopic (exact) mass is 119 g/mol. The van der Waals surface area contributed by atoms with Crippen LogP contribution >= 0.6 is 0 Å². The number of furan rings is 1. The molecule has 0 aliphatic heterocycles. The van der Waals surface area contributed by atoms with E-state index in [1.54, 1.807) is 12.3 Å². The first-order valence-corrected chi connectivity index (χ1v) is 2.53. The summed E-state index contributed by atoms with van der Waals surface area (Å²) in [6.45, 7) is 0. The molecule has 2 rings (SSSR count). The molecule has 2 aromatic rings. The molecule has 0 aliphatic rings. The first-order chi connectivity index (χ1) is 4.47. The predicted octanol–water partition coefficient (Wildman–Crippen LogP) is 1.02. The van der Waals surface area contributed by atoms with Gasteiger partial charge in [-0.2, -0.15) is 5.10 Å². The summed E-state index contributed by atoms with van der Waals surface area (Å²) in [5.74, 6) is 0. The Balaban J connectivity index is 2.95. The van der Waals surface area contributed by atoms with Crippen LogP contribution in [-0.4, -0.2) is 10.2 Å². The van der Waals surface area contributed by atoms with Crippen molar-refractivity contribution in [2.24, 2.45) is 0 Å². The van der Waals surface area contributed by atoms with Crippen LogP contribution in [-0.2, 0) is 0 Å². The molecule has 3 nitrogen and oxygen atoms in total. The van der Waals surface area contributed by atoms with Crippen molar-refractivity contribution >= 4 is 11.1 Å². The lowest BCUT2D eigenvalue weighted by molar-refractivity contribution is 0.614. The van der Waals surface area contributed by atoms with Crippen molar-refractivity contribution in [2.45, 2.75) is 0 Å². The molecule has 2 heterocycles. The third-order valence-corrected chi connectivity index (χ3v) is 1.06. The van der Waals surface area contributed by atoms with E-state index in [2.05, 4.69) is 16.3 Å². The first kappa shape index (κ1) is 4.49. The van der Waals surface area contributed by atoms with E-state index in [0.29, 0.717) is 5.58 Å². The van der Waals surface area contributed by atoms with E-state index in [0.717, 1.165) is 5.52 Å². The van der Waals surface area contributed by atoms with E-state index in [-0.39, 0.29) is 0 Å². The van der Waals surface area contributed by atoms with Gasteiger partial charge in [0.1, 0.15) is 5.52 Å². The molecule has 0 aromatic carbocycles. The lowest BCUT2D eigenvalue weighted by Gasteiger charge is -1.78. The molecule has 0 amide bonds. The Hall–Kier alpha value is -1.38. The fourth-order valence-electron chi connectivity index (χ4n) is 0.668. The van der Waals surface area contributed by atoms with Gasteiger partial charge in [0, 0.05) is 6.07 Å². The average molecular weight is 119 g/mol. The molecule has 0 fully saturated rings. The topological polar surface area (TPSA) is 38.9 Å². The minimum atomic E-state index is 0.657. The predicted molar refractivity (Wildman–Crippen MR) is 30.6 cm³/mol. The van der Waals surface area contributed by atoms with Crippen LogP contribution in [0.5, 0.6) is 0 Å². The number of hydrogen-bond donors (Lipinski definition) is 0. The molecule has 0 N–H and O–H groups in total. The zero-order valence-electron chi connectivity index (χ0n) is 4.53. The van der Waals surface area contributed by atoms with Crippen molar-refractivity contribution in [3.8, 4) is 0 Å². The largest absolute Gasteiger partial charge is 0.462 e. The van der Waals surface area contributed by atoms with Crippen LogP contribution < -0.4 is 0 Å². The van der Waals surface area contributed by atoms with Crippen LogP contribution in [0.15, 0.2) is 22.9 Å². The third kappa shape index (κ3) is 0.579. The van der Waals surface area contributed by atoms with E-state index in [4.69, 9.17) is 4.42 Å². The molecule has 0 saturated carbocycles. The van der Waals surface area contributed by atoms with Crippen molar-refractivity contribution in [3.63, 3.8) is 0 Å². The minimum absolute atomic E-state index is 0.657. The molecule has 9 heavy (non-hydrogen) atoms. The second kappa shape index (κ2) is 1.55. The van der Waals surface area contributed by atoms with E-state index in [1.165, 1.54) is 6.20 Å². The zero-order valence-corrected chi connectivity index (χ0v) is 4.53. The lowest BCUT2D eigenvalue weighted by Crippen LogP contribution is -1.75. The van der Waals surface area contributed by atoms with Crippen LogP contribution in [0.25, 0.3) is 11.1 Å². The Morgan fingerprint density at radius 1 is 1.56 bits per heavy atom. The van der Waals surface area contributed by atoms with Gasteiger partial charge in [-0.05, 0) is 0 Å². The number of nitrogens with zero attached hydrogens (tertiary/aromatic N) is 2. The molecule has 0 saturated heterocycles. The van der Waals surface area contributed by atoms with E-state index in [9.17, 15) is 0 Å². The van der Waals surface area contributed by atoms with Crippen molar-refractivity contribution < 1.29 is 4.42 Å². The molecule has 0 bridgehead atoms. The van der Waals surface area contributed by atoms with Gasteiger partial charge in [0.25, 0.3) is 0 Å². The number of hydrogen-bond acceptors (Lipinski definition) is 3. The van der Waals surface area contributed by atoms with Gasteiger partial charge in [0.05, 0.1) is 18.5 Å². The van der Waals surface area contributed by atoms with Crippen LogP contribution in [0.3, 0.4) is 0 Å². The van der Waals surface area contributed by atoms with Gasteiger partial charge in [0.2, 0.25) is 0 Å². The van der Waals surface area contributed by atoms with Crippen LogP contribution in [0.4, 0.5) is 0 Å². The van der Waals surface area contributed by atoms with E-state index in [1.807, 2.05) is 0 Å². The summed E-state index contributed by atoms with van der Waals surface area (Å²) >= 11 is 0. The summed E-state index contributed by atoms with van der Waals surface area (Å²) in [5.41, 5.74) is 1.41. The Kier molecular flexibility index (Phi) is 0.773. The molecule has 0 atom stereocenters. The summed E-state index contributed by atoms with van der Waals surface area (Å²) in [6, 6.07) is 4.54. The van der Waals surface area contributed by atoms with Crippen molar-refractivity contribution in [3.05, 3.63) is 24.6 Å². The number of fused-ring (bicyclic) bond motifs is 1. The normalized spacial score (nSPS) is 10.2. The SMILES string of the molecule is [c]1cnnc2ccoc12. The molecular weight excluding hydrogens is 116 g/mol. The highest BCUT2D eigenvalue weighted by atomic mass is 16.3. The highest BCUT2D eigenvalue weighted by Gasteiger charge is 1.93. The molecule has 1 radical (unpaired) electrons. The average Bonchev–Trinajstić information content (AvgIpc) is 2.33. The summed E-state index contributed by atoms with van der Waals surface area (Å²) in [4.78, 5) is 0. The molecule has 3 heteroatoms. The Bertz CT molecular complexity index is 285. The zero-order chi connectivity index (χ0) is 6.10. The van der Waals surface area contributed by atoms with E-state index >= 15 is 0 Å². The second-order valence-corrected chi connectivity index (χ2v) is 1.62. The summed E-state index contributed by atoms with van der Waals surface area (Å²) in [6.07, 6.45) is 3.04. The van der Waals surface area contributed by atoms with Gasteiger partial charge in [-0.1, -0.05) is 0 Å². The highest BCUT2D eigenvalue weighted by molar-refractivity contribution is 5.69. The highest BCUT2D eigenvalue weighted by Crippen LogP contribution is 2.07. The fraction of sp³-hybridized carbons (Fsp3) is 0. The standard InChI is InChI=1S/C6H3N2O/c1-3-7-8-5-2-4-9-6(1)5/h2-4H. The Morgan fingerprint density at radius 2 is 2.56 bits per heavy atom. The third-order valence-electron chi connectivity index (χ3n) is 1.06. The maximum absolute atomic E-state index is 4.96. The van der Waals surface area contributed by atoms with Gasteiger partial charge in [-0.15, -0.1) is 5.10 Å². The van der Waals surface area contributed by atoms with Gasteiger partial charge < -0.3 is 4.42 Å². The maximum atomic E-state index is 4.96. The second-order valence-electron chi connectivity index (χ2n) is 1.62. The molecule has 2 aromatic heterocycles. The Labute approximate surface area is 51.3 Å². The van der Waals surface area contributed by atoms with Crippen LogP contribution in [0.2, 0.25) is 0 Å². The van der Waals surface area contributed by atoms with Crippen LogP contribution in [0.1, 0.15) is 0 Å². The van der Waals surface area contributed by atoms with Crippen LogP contribution in [0, 0.1) is 6.07 Å². The minimum Gasteiger partial charge on any atom is -0.462 e. The smallest absolute Gasteiger partial charge is 0.163 e. The summed E-state index contributed by atoms with van der Waals surface area (Å²) in [7, 11) is 0. The van der Waals surface area contributed by atoms with Gasteiger partial charge in [0.15, 0.2) is 5.58 Å². The molecule has 0 unspecified atom stereocenters. The number of aromatic nitrogens is 2. The van der Waals surface area contributed by atoms with Gasteiger partial charge in [-0.3, -0.25) is 0 Å². The van der Waals surface area contributed by atoms with Crippen molar-refractivity contribution in [2.75, 3.05) is 0 Å². The molecule has 0 spiro atoms. The van der Waals surface area contributed by atoms with Gasteiger partial charge in [-0.25, -0.2) is 0 Å². The fourth-order valence-corrected chi connectivity index (χ4v) is 0.668. The van der Waals surface area contributed by atoms with Crippen molar-refractivity contribution in [1.29, 1.82) is 0 Å². The quantitative estimate of drug-likeness (QED) is 0.519. The van der Waals surface area contributed by atoms with Gasteiger partial charge >= 0.3 is 0 Å². The first-order valence-electron chi connectivity index (χ1n) is 2.53. The Morgan fingerprint density at radius 3 is 3.44 bits per heavy atom.